The van der Waals surface area contributed by atoms with Crippen LogP contribution in [0.3, 0.4) is 0 Å². The highest BCUT2D eigenvalue weighted by Crippen LogP contribution is 2.34. The van der Waals surface area contributed by atoms with Crippen molar-refractivity contribution < 1.29 is 31.1 Å². The molecule has 1 aromatic carbocycles. The van der Waals surface area contributed by atoms with E-state index in [4.69, 9.17) is 4.74 Å². The van der Waals surface area contributed by atoms with E-state index in [1.54, 1.807) is 26.8 Å². The van der Waals surface area contributed by atoms with Gasteiger partial charge in [-0.3, -0.25) is 4.79 Å². The lowest BCUT2D eigenvalue weighted by atomic mass is 9.95. The minimum atomic E-state index is -4.94. The summed E-state index contributed by atoms with van der Waals surface area (Å²) in [5, 5.41) is 0. The van der Waals surface area contributed by atoms with Crippen LogP contribution >= 0.6 is 0 Å². The lowest BCUT2D eigenvalue weighted by molar-refractivity contribution is -0.143. The Kier molecular flexibility index (Phi) is 5.08. The lowest BCUT2D eigenvalue weighted by Gasteiger charge is -2.20. The summed E-state index contributed by atoms with van der Waals surface area (Å²) in [5.74, 6) is -0.184. The standard InChI is InChI=1S/C16H17F3O4S/c1-15(2,3)14(20)22-11-7-8-12-10(9-11)5-4-6-13(12)23-24(21)16(17,18)19/h6-9H,4-5H2,1-3H3. The predicted molar refractivity (Wildman–Crippen MR) is 83.1 cm³/mol. The van der Waals surface area contributed by atoms with Gasteiger partial charge in [-0.25, -0.2) is 4.21 Å². The Balaban J connectivity index is 2.21. The number of ether oxygens (including phenoxy) is 1. The van der Waals surface area contributed by atoms with Crippen LogP contribution in [0.1, 0.15) is 38.3 Å². The van der Waals surface area contributed by atoms with Crippen LogP contribution in [0.2, 0.25) is 0 Å². The first-order valence-corrected chi connectivity index (χ1v) is 8.28. The van der Waals surface area contributed by atoms with E-state index in [0.29, 0.717) is 29.7 Å². The smallest absolute Gasteiger partial charge is 0.426 e. The number of halogens is 3. The van der Waals surface area contributed by atoms with Gasteiger partial charge in [0.05, 0.1) is 5.41 Å². The first-order valence-electron chi connectivity index (χ1n) is 7.21. The van der Waals surface area contributed by atoms with Gasteiger partial charge in [-0.2, -0.15) is 13.2 Å². The minimum Gasteiger partial charge on any atom is -0.426 e. The summed E-state index contributed by atoms with van der Waals surface area (Å²) in [5.41, 5.74) is -4.53. The SMILES string of the molecule is CC(C)(C)C(=O)Oc1ccc2c(c1)CCC=C2OS(=O)C(F)(F)F. The molecular weight excluding hydrogens is 345 g/mol. The molecule has 132 valence electrons. The molecule has 1 atom stereocenters. The van der Waals surface area contributed by atoms with Gasteiger partial charge in [0.2, 0.25) is 0 Å². The number of hydrogen-bond acceptors (Lipinski definition) is 4. The Labute approximate surface area is 140 Å². The van der Waals surface area contributed by atoms with Crippen molar-refractivity contribution in [3.05, 3.63) is 35.4 Å². The van der Waals surface area contributed by atoms with Gasteiger partial charge in [0.15, 0.2) is 0 Å². The zero-order chi connectivity index (χ0) is 18.1. The van der Waals surface area contributed by atoms with E-state index in [0.717, 1.165) is 0 Å². The van der Waals surface area contributed by atoms with E-state index in [-0.39, 0.29) is 5.76 Å². The summed E-state index contributed by atoms with van der Waals surface area (Å²) in [6, 6.07) is 4.56. The highest BCUT2D eigenvalue weighted by molar-refractivity contribution is 7.81. The maximum Gasteiger partial charge on any atom is 0.508 e. The number of carbonyl (C=O) groups is 1. The van der Waals surface area contributed by atoms with Crippen molar-refractivity contribution in [2.75, 3.05) is 0 Å². The van der Waals surface area contributed by atoms with Gasteiger partial charge >= 0.3 is 22.6 Å². The lowest BCUT2D eigenvalue weighted by Crippen LogP contribution is -2.25. The molecule has 4 nitrogen and oxygen atoms in total. The Bertz CT molecular complexity index is 702. The number of carbonyl (C=O) groups excluding carboxylic acids is 1. The molecule has 0 saturated carbocycles. The predicted octanol–water partition coefficient (Wildman–Crippen LogP) is 4.13. The molecule has 0 amide bonds. The molecular formula is C16H17F3O4S. The van der Waals surface area contributed by atoms with Crippen molar-refractivity contribution in [3.8, 4) is 5.75 Å². The number of alkyl halides is 3. The summed E-state index contributed by atoms with van der Waals surface area (Å²) in [6.07, 6.45) is 2.46. The monoisotopic (exact) mass is 362 g/mol. The number of esters is 1. The summed E-state index contributed by atoms with van der Waals surface area (Å²) in [7, 11) is 0. The number of benzene rings is 1. The summed E-state index contributed by atoms with van der Waals surface area (Å²) in [6.45, 7) is 5.15. The van der Waals surface area contributed by atoms with E-state index < -0.39 is 28.0 Å². The molecule has 0 N–H and O–H groups in total. The van der Waals surface area contributed by atoms with Gasteiger partial charge in [0, 0.05) is 5.56 Å². The highest BCUT2D eigenvalue weighted by Gasteiger charge is 2.40. The fraction of sp³-hybridized carbons (Fsp3) is 0.438. The molecule has 1 aliphatic rings. The van der Waals surface area contributed by atoms with Crippen molar-refractivity contribution in [1.82, 2.24) is 0 Å². The average molecular weight is 362 g/mol. The van der Waals surface area contributed by atoms with Crippen LogP contribution in [-0.4, -0.2) is 15.7 Å². The highest BCUT2D eigenvalue weighted by atomic mass is 32.2. The van der Waals surface area contributed by atoms with Gasteiger partial charge < -0.3 is 8.92 Å². The Morgan fingerprint density at radius 2 is 1.88 bits per heavy atom. The second-order valence-corrected chi connectivity index (χ2v) is 7.43. The Hall–Kier alpha value is -1.83. The molecule has 1 aliphatic carbocycles. The van der Waals surface area contributed by atoms with Crippen molar-refractivity contribution in [2.24, 2.45) is 5.41 Å². The van der Waals surface area contributed by atoms with Crippen LogP contribution < -0.4 is 4.74 Å². The molecule has 24 heavy (non-hydrogen) atoms. The van der Waals surface area contributed by atoms with E-state index in [2.05, 4.69) is 4.18 Å². The third-order valence-electron chi connectivity index (χ3n) is 3.26. The van der Waals surface area contributed by atoms with Crippen molar-refractivity contribution in [2.45, 2.75) is 39.1 Å². The van der Waals surface area contributed by atoms with Crippen molar-refractivity contribution in [1.29, 1.82) is 0 Å². The summed E-state index contributed by atoms with van der Waals surface area (Å²) < 4.78 is 58.1. The minimum absolute atomic E-state index is 0.0828. The average Bonchev–Trinajstić information content (AvgIpc) is 2.45. The van der Waals surface area contributed by atoms with E-state index in [1.165, 1.54) is 18.2 Å². The van der Waals surface area contributed by atoms with Gasteiger partial charge in [-0.15, -0.1) is 0 Å². The van der Waals surface area contributed by atoms with Crippen LogP contribution in [0.5, 0.6) is 5.75 Å². The third-order valence-corrected chi connectivity index (χ3v) is 3.97. The molecule has 1 unspecified atom stereocenters. The van der Waals surface area contributed by atoms with Gasteiger partial charge in [0.25, 0.3) is 0 Å². The van der Waals surface area contributed by atoms with Crippen molar-refractivity contribution >= 4 is 22.8 Å². The molecule has 1 aromatic rings. The normalized spacial score (nSPS) is 16.0. The Morgan fingerprint density at radius 3 is 2.46 bits per heavy atom. The largest absolute Gasteiger partial charge is 0.508 e. The van der Waals surface area contributed by atoms with E-state index in [1.807, 2.05) is 0 Å². The van der Waals surface area contributed by atoms with E-state index >= 15 is 0 Å². The van der Waals surface area contributed by atoms with Crippen LogP contribution in [-0.2, 0) is 26.5 Å². The fourth-order valence-corrected chi connectivity index (χ4v) is 2.43. The van der Waals surface area contributed by atoms with E-state index in [9.17, 15) is 22.2 Å². The first kappa shape index (κ1) is 18.5. The number of rotatable bonds is 3. The molecule has 0 saturated heterocycles. The number of fused-ring (bicyclic) bond motifs is 1. The number of allylic oxidation sites excluding steroid dienone is 1. The second kappa shape index (κ2) is 6.58. The molecule has 0 spiro atoms. The zero-order valence-electron chi connectivity index (χ0n) is 13.4. The second-order valence-electron chi connectivity index (χ2n) is 6.33. The molecule has 0 radical (unpaired) electrons. The van der Waals surface area contributed by atoms with Crippen LogP contribution in [0.4, 0.5) is 13.2 Å². The van der Waals surface area contributed by atoms with Gasteiger partial charge in [0.1, 0.15) is 11.5 Å². The Morgan fingerprint density at radius 1 is 1.21 bits per heavy atom. The molecule has 0 bridgehead atoms. The summed E-state index contributed by atoms with van der Waals surface area (Å²) in [4.78, 5) is 11.9. The molecule has 2 rings (SSSR count). The molecule has 8 heteroatoms. The van der Waals surface area contributed by atoms with Crippen LogP contribution in [0.15, 0.2) is 24.3 Å². The van der Waals surface area contributed by atoms with Crippen molar-refractivity contribution in [3.63, 3.8) is 0 Å². The zero-order valence-corrected chi connectivity index (χ0v) is 14.2. The van der Waals surface area contributed by atoms with Crippen LogP contribution in [0.25, 0.3) is 5.76 Å². The fourth-order valence-electron chi connectivity index (χ4n) is 2.02. The van der Waals surface area contributed by atoms with Gasteiger partial charge in [-0.1, -0.05) is 0 Å². The summed E-state index contributed by atoms with van der Waals surface area (Å²) >= 11 is -3.42. The maximum absolute atomic E-state index is 12.4. The first-order chi connectivity index (χ1) is 11.0. The molecule has 0 fully saturated rings. The molecule has 0 heterocycles. The number of aryl methyl sites for hydroxylation is 1. The topological polar surface area (TPSA) is 52.6 Å². The van der Waals surface area contributed by atoms with Crippen LogP contribution in [0, 0.1) is 5.41 Å². The molecule has 0 aromatic heterocycles. The third kappa shape index (κ3) is 4.37. The quantitative estimate of drug-likeness (QED) is 0.599. The van der Waals surface area contributed by atoms with Gasteiger partial charge in [-0.05, 0) is 63.5 Å². The number of hydrogen-bond donors (Lipinski definition) is 0. The molecule has 0 aliphatic heterocycles. The maximum atomic E-state index is 12.4.